The van der Waals surface area contributed by atoms with E-state index in [9.17, 15) is 8.42 Å². The summed E-state index contributed by atoms with van der Waals surface area (Å²) in [6, 6.07) is 8.28. The molecule has 0 amide bonds. The van der Waals surface area contributed by atoms with Crippen LogP contribution >= 0.6 is 39.1 Å². The topological polar surface area (TPSA) is 52.6 Å². The average molecular weight is 438 g/mol. The van der Waals surface area contributed by atoms with Gasteiger partial charge in [-0.3, -0.25) is 0 Å². The van der Waals surface area contributed by atoms with E-state index in [-0.39, 0.29) is 18.3 Å². The van der Waals surface area contributed by atoms with Gasteiger partial charge in [-0.05, 0) is 29.8 Å². The van der Waals surface area contributed by atoms with Crippen LogP contribution in [0.1, 0.15) is 11.1 Å². The fourth-order valence-corrected chi connectivity index (χ4v) is 5.15. The van der Waals surface area contributed by atoms with Crippen molar-refractivity contribution in [3.05, 3.63) is 56.0 Å². The van der Waals surface area contributed by atoms with Crippen LogP contribution in [0.2, 0.25) is 10.0 Å². The van der Waals surface area contributed by atoms with Crippen molar-refractivity contribution in [3.63, 3.8) is 0 Å². The van der Waals surface area contributed by atoms with E-state index in [1.54, 1.807) is 30.3 Å². The number of hydrogen-bond donors (Lipinski definition) is 0. The van der Waals surface area contributed by atoms with E-state index in [2.05, 4.69) is 15.9 Å². The van der Waals surface area contributed by atoms with Crippen molar-refractivity contribution in [1.82, 2.24) is 0 Å². The smallest absolute Gasteiger partial charge is 0.231 e. The molecule has 0 N–H and O–H groups in total. The Morgan fingerprint density at radius 2 is 1.65 bits per heavy atom. The van der Waals surface area contributed by atoms with Gasteiger partial charge in [-0.1, -0.05) is 45.2 Å². The fraction of sp³-hybridized carbons (Fsp3) is 0.200. The largest absolute Gasteiger partial charge is 0.454 e. The van der Waals surface area contributed by atoms with E-state index in [4.69, 9.17) is 32.7 Å². The molecule has 0 spiro atoms. The zero-order valence-electron chi connectivity index (χ0n) is 11.7. The highest BCUT2D eigenvalue weighted by Gasteiger charge is 2.22. The summed E-state index contributed by atoms with van der Waals surface area (Å²) < 4.78 is 36.2. The van der Waals surface area contributed by atoms with Gasteiger partial charge in [0.05, 0.1) is 11.5 Å². The summed E-state index contributed by atoms with van der Waals surface area (Å²) in [5, 5.41) is 0.677. The third-order valence-corrected chi connectivity index (χ3v) is 6.27. The van der Waals surface area contributed by atoms with Crippen molar-refractivity contribution < 1.29 is 17.9 Å². The van der Waals surface area contributed by atoms with Crippen molar-refractivity contribution in [3.8, 4) is 11.5 Å². The molecule has 0 saturated carbocycles. The Bertz CT molecular complexity index is 848. The Morgan fingerprint density at radius 3 is 2.30 bits per heavy atom. The third-order valence-electron chi connectivity index (χ3n) is 3.34. The lowest BCUT2D eigenvalue weighted by atomic mass is 10.2. The van der Waals surface area contributed by atoms with E-state index >= 15 is 0 Å². The first-order chi connectivity index (χ1) is 10.9. The maximum absolute atomic E-state index is 12.5. The standard InChI is InChI=1S/C15H11BrCl2O4S/c16-11-5-15-14(21-8-22-15)4-9(11)6-23(19,20)7-10-12(17)2-1-3-13(10)18/h1-5H,6-8H2. The molecule has 0 bridgehead atoms. The summed E-state index contributed by atoms with van der Waals surface area (Å²) in [5.41, 5.74) is 1.00. The summed E-state index contributed by atoms with van der Waals surface area (Å²) in [4.78, 5) is 0. The first-order valence-corrected chi connectivity index (χ1v) is 9.94. The predicted molar refractivity (Wildman–Crippen MR) is 93.1 cm³/mol. The first-order valence-electron chi connectivity index (χ1n) is 6.57. The second-order valence-electron chi connectivity index (χ2n) is 5.03. The van der Waals surface area contributed by atoms with Crippen molar-refractivity contribution in [1.29, 1.82) is 0 Å². The van der Waals surface area contributed by atoms with Crippen LogP contribution in [0.15, 0.2) is 34.8 Å². The molecule has 0 fully saturated rings. The van der Waals surface area contributed by atoms with E-state index in [0.29, 0.717) is 37.1 Å². The highest BCUT2D eigenvalue weighted by atomic mass is 79.9. The Labute approximate surface area is 152 Å². The lowest BCUT2D eigenvalue weighted by Crippen LogP contribution is -2.09. The lowest BCUT2D eigenvalue weighted by Gasteiger charge is -2.10. The first kappa shape index (κ1) is 16.9. The van der Waals surface area contributed by atoms with E-state index in [0.717, 1.165) is 0 Å². The van der Waals surface area contributed by atoms with Gasteiger partial charge in [0.25, 0.3) is 0 Å². The van der Waals surface area contributed by atoms with E-state index in [1.165, 1.54) is 0 Å². The van der Waals surface area contributed by atoms with Crippen molar-refractivity contribution in [2.24, 2.45) is 0 Å². The van der Waals surface area contributed by atoms with Gasteiger partial charge < -0.3 is 9.47 Å². The molecule has 0 unspecified atom stereocenters. The van der Waals surface area contributed by atoms with Crippen molar-refractivity contribution in [2.45, 2.75) is 11.5 Å². The Balaban J connectivity index is 1.87. The molecule has 23 heavy (non-hydrogen) atoms. The molecule has 1 heterocycles. The van der Waals surface area contributed by atoms with Gasteiger partial charge in [0.2, 0.25) is 6.79 Å². The Kier molecular flexibility index (Phi) is 4.78. The normalized spacial score (nSPS) is 13.3. The zero-order chi connectivity index (χ0) is 16.6. The zero-order valence-corrected chi connectivity index (χ0v) is 15.6. The van der Waals surface area contributed by atoms with Crippen molar-refractivity contribution in [2.75, 3.05) is 6.79 Å². The highest BCUT2D eigenvalue weighted by Crippen LogP contribution is 2.38. The van der Waals surface area contributed by atoms with E-state index < -0.39 is 9.84 Å². The third kappa shape index (κ3) is 3.76. The van der Waals surface area contributed by atoms with Crippen LogP contribution in [0.5, 0.6) is 11.5 Å². The maximum atomic E-state index is 12.5. The fourth-order valence-electron chi connectivity index (χ4n) is 2.25. The summed E-state index contributed by atoms with van der Waals surface area (Å²) in [6.45, 7) is 0.132. The number of rotatable bonds is 4. The molecule has 122 valence electrons. The number of halogens is 3. The summed E-state index contributed by atoms with van der Waals surface area (Å²) in [6.07, 6.45) is 0. The minimum Gasteiger partial charge on any atom is -0.454 e. The van der Waals surface area contributed by atoms with Gasteiger partial charge in [-0.25, -0.2) is 8.42 Å². The molecule has 4 nitrogen and oxygen atoms in total. The molecule has 0 atom stereocenters. The SMILES string of the molecule is O=S(=O)(Cc1cc2c(cc1Br)OCO2)Cc1c(Cl)cccc1Cl. The molecule has 8 heteroatoms. The number of fused-ring (bicyclic) bond motifs is 1. The molecule has 0 radical (unpaired) electrons. The Morgan fingerprint density at radius 1 is 1.04 bits per heavy atom. The molecule has 0 aliphatic carbocycles. The summed E-state index contributed by atoms with van der Waals surface area (Å²) in [5.74, 6) is 0.736. The molecular formula is C15H11BrCl2O4S. The van der Waals surface area contributed by atoms with Gasteiger partial charge in [-0.15, -0.1) is 0 Å². The second-order valence-corrected chi connectivity index (χ2v) is 8.76. The minimum absolute atomic E-state index is 0.132. The van der Waals surface area contributed by atoms with Crippen LogP contribution < -0.4 is 9.47 Å². The van der Waals surface area contributed by atoms with Crippen molar-refractivity contribution >= 4 is 49.0 Å². The molecule has 3 rings (SSSR count). The minimum atomic E-state index is -3.47. The summed E-state index contributed by atoms with van der Waals surface area (Å²) in [7, 11) is -3.47. The molecule has 1 aliphatic rings. The average Bonchev–Trinajstić information content (AvgIpc) is 2.90. The van der Waals surface area contributed by atoms with Gasteiger partial charge >= 0.3 is 0 Å². The predicted octanol–water partition coefficient (Wildman–Crippen LogP) is 4.60. The molecular weight excluding hydrogens is 427 g/mol. The molecule has 0 aromatic heterocycles. The van der Waals surface area contributed by atoms with Gasteiger partial charge in [0.15, 0.2) is 21.3 Å². The summed E-state index contributed by atoms with van der Waals surface area (Å²) >= 11 is 15.5. The van der Waals surface area contributed by atoms with Gasteiger partial charge in [0, 0.05) is 20.1 Å². The van der Waals surface area contributed by atoms with E-state index in [1.807, 2.05) is 0 Å². The maximum Gasteiger partial charge on any atom is 0.231 e. The van der Waals surface area contributed by atoms with Crippen LogP contribution in [-0.2, 0) is 21.3 Å². The van der Waals surface area contributed by atoms with Crippen LogP contribution in [0.25, 0.3) is 0 Å². The van der Waals surface area contributed by atoms with Gasteiger partial charge in [-0.2, -0.15) is 0 Å². The van der Waals surface area contributed by atoms with Crippen LogP contribution in [0.4, 0.5) is 0 Å². The second kappa shape index (κ2) is 6.51. The molecule has 1 aliphatic heterocycles. The monoisotopic (exact) mass is 436 g/mol. The lowest BCUT2D eigenvalue weighted by molar-refractivity contribution is 0.174. The molecule has 2 aromatic carbocycles. The Hall–Kier alpha value is -0.950. The number of benzene rings is 2. The number of ether oxygens (including phenoxy) is 2. The highest BCUT2D eigenvalue weighted by molar-refractivity contribution is 9.10. The number of hydrogen-bond acceptors (Lipinski definition) is 4. The quantitative estimate of drug-likeness (QED) is 0.701. The van der Waals surface area contributed by atoms with Gasteiger partial charge in [0.1, 0.15) is 0 Å². The number of sulfone groups is 1. The molecule has 2 aromatic rings. The van der Waals surface area contributed by atoms with Crippen LogP contribution in [0, 0.1) is 0 Å². The molecule has 0 saturated heterocycles. The van der Waals surface area contributed by atoms with Crippen LogP contribution in [0.3, 0.4) is 0 Å². The van der Waals surface area contributed by atoms with Crippen LogP contribution in [-0.4, -0.2) is 15.2 Å².